The average Bonchev–Trinajstić information content (AvgIpc) is 2.20. The SMILES string of the molecule is CCC(C=O)c1ccc(OC)c(O)c1. The molecule has 1 aromatic rings. The van der Waals surface area contributed by atoms with Gasteiger partial charge in [-0.15, -0.1) is 0 Å². The van der Waals surface area contributed by atoms with Crippen LogP contribution in [0.1, 0.15) is 24.8 Å². The Labute approximate surface area is 83.3 Å². The van der Waals surface area contributed by atoms with Gasteiger partial charge < -0.3 is 14.6 Å². The molecule has 3 heteroatoms. The van der Waals surface area contributed by atoms with Gasteiger partial charge >= 0.3 is 0 Å². The monoisotopic (exact) mass is 194 g/mol. The van der Waals surface area contributed by atoms with Crippen LogP contribution in [-0.2, 0) is 4.79 Å². The van der Waals surface area contributed by atoms with Crippen molar-refractivity contribution in [2.45, 2.75) is 19.3 Å². The van der Waals surface area contributed by atoms with Crippen molar-refractivity contribution in [3.63, 3.8) is 0 Å². The number of phenols is 1. The number of methoxy groups -OCH3 is 1. The molecule has 0 bridgehead atoms. The van der Waals surface area contributed by atoms with E-state index in [4.69, 9.17) is 4.74 Å². The van der Waals surface area contributed by atoms with E-state index in [0.717, 1.165) is 18.3 Å². The molecule has 14 heavy (non-hydrogen) atoms. The van der Waals surface area contributed by atoms with E-state index in [-0.39, 0.29) is 11.7 Å². The standard InChI is InChI=1S/C11H14O3/c1-3-8(7-12)9-4-5-11(14-2)10(13)6-9/h4-8,13H,3H2,1-2H3. The van der Waals surface area contributed by atoms with Gasteiger partial charge in [0.15, 0.2) is 11.5 Å². The summed E-state index contributed by atoms with van der Waals surface area (Å²) in [5, 5.41) is 9.49. The van der Waals surface area contributed by atoms with Crippen molar-refractivity contribution in [1.82, 2.24) is 0 Å². The third kappa shape index (κ3) is 2.05. The molecular formula is C11H14O3. The number of phenolic OH excluding ortho intramolecular Hbond substituents is 1. The number of rotatable bonds is 4. The molecule has 1 rings (SSSR count). The van der Waals surface area contributed by atoms with Crippen molar-refractivity contribution in [2.24, 2.45) is 0 Å². The number of aromatic hydroxyl groups is 1. The summed E-state index contributed by atoms with van der Waals surface area (Å²) >= 11 is 0. The fourth-order valence-corrected chi connectivity index (χ4v) is 1.35. The van der Waals surface area contributed by atoms with E-state index >= 15 is 0 Å². The van der Waals surface area contributed by atoms with Crippen molar-refractivity contribution in [3.8, 4) is 11.5 Å². The van der Waals surface area contributed by atoms with E-state index < -0.39 is 0 Å². The third-order valence-corrected chi connectivity index (χ3v) is 2.24. The highest BCUT2D eigenvalue weighted by Crippen LogP contribution is 2.29. The number of carbonyl (C=O) groups is 1. The molecule has 1 atom stereocenters. The molecular weight excluding hydrogens is 180 g/mol. The maximum absolute atomic E-state index is 10.7. The molecule has 0 radical (unpaired) electrons. The molecule has 0 heterocycles. The average molecular weight is 194 g/mol. The lowest BCUT2D eigenvalue weighted by Crippen LogP contribution is -1.98. The summed E-state index contributed by atoms with van der Waals surface area (Å²) in [6.07, 6.45) is 1.62. The molecule has 1 unspecified atom stereocenters. The summed E-state index contributed by atoms with van der Waals surface area (Å²) in [5.41, 5.74) is 0.820. The maximum atomic E-state index is 10.7. The Bertz CT molecular complexity index is 320. The predicted octanol–water partition coefficient (Wildman–Crippen LogP) is 2.09. The first-order valence-electron chi connectivity index (χ1n) is 4.55. The smallest absolute Gasteiger partial charge is 0.160 e. The van der Waals surface area contributed by atoms with Crippen molar-refractivity contribution in [2.75, 3.05) is 7.11 Å². The van der Waals surface area contributed by atoms with Crippen LogP contribution in [0, 0.1) is 0 Å². The van der Waals surface area contributed by atoms with E-state index in [0.29, 0.717) is 5.75 Å². The lowest BCUT2D eigenvalue weighted by Gasteiger charge is -2.09. The van der Waals surface area contributed by atoms with Gasteiger partial charge in [-0.3, -0.25) is 0 Å². The Morgan fingerprint density at radius 2 is 2.29 bits per heavy atom. The highest BCUT2D eigenvalue weighted by molar-refractivity contribution is 5.63. The summed E-state index contributed by atoms with van der Waals surface area (Å²) in [6, 6.07) is 5.03. The van der Waals surface area contributed by atoms with Gasteiger partial charge in [-0.05, 0) is 24.1 Å². The number of ether oxygens (including phenoxy) is 1. The highest BCUT2D eigenvalue weighted by atomic mass is 16.5. The topological polar surface area (TPSA) is 46.5 Å². The lowest BCUT2D eigenvalue weighted by atomic mass is 9.98. The maximum Gasteiger partial charge on any atom is 0.160 e. The Morgan fingerprint density at radius 1 is 1.57 bits per heavy atom. The van der Waals surface area contributed by atoms with E-state index in [9.17, 15) is 9.90 Å². The Hall–Kier alpha value is -1.51. The van der Waals surface area contributed by atoms with Crippen LogP contribution in [0.25, 0.3) is 0 Å². The zero-order valence-electron chi connectivity index (χ0n) is 8.36. The molecule has 0 saturated heterocycles. The first kappa shape index (κ1) is 10.6. The Morgan fingerprint density at radius 3 is 2.71 bits per heavy atom. The second-order valence-electron chi connectivity index (χ2n) is 3.08. The van der Waals surface area contributed by atoms with E-state index in [2.05, 4.69) is 0 Å². The zero-order valence-corrected chi connectivity index (χ0v) is 8.36. The van der Waals surface area contributed by atoms with Gasteiger partial charge in [0.2, 0.25) is 0 Å². The van der Waals surface area contributed by atoms with Gasteiger partial charge in [-0.2, -0.15) is 0 Å². The van der Waals surface area contributed by atoms with Crippen LogP contribution in [0.15, 0.2) is 18.2 Å². The van der Waals surface area contributed by atoms with Gasteiger partial charge in [0.25, 0.3) is 0 Å². The summed E-state index contributed by atoms with van der Waals surface area (Å²) in [7, 11) is 1.49. The molecule has 3 nitrogen and oxygen atoms in total. The largest absolute Gasteiger partial charge is 0.504 e. The fourth-order valence-electron chi connectivity index (χ4n) is 1.35. The molecule has 0 aromatic heterocycles. The Balaban J connectivity index is 3.01. The number of aldehydes is 1. The molecule has 0 aliphatic carbocycles. The third-order valence-electron chi connectivity index (χ3n) is 2.24. The number of hydrogen-bond donors (Lipinski definition) is 1. The molecule has 0 amide bonds. The summed E-state index contributed by atoms with van der Waals surface area (Å²) in [6.45, 7) is 1.93. The molecule has 0 aliphatic rings. The number of carbonyl (C=O) groups excluding carboxylic acids is 1. The van der Waals surface area contributed by atoms with Crippen LogP contribution in [0.2, 0.25) is 0 Å². The highest BCUT2D eigenvalue weighted by Gasteiger charge is 2.10. The van der Waals surface area contributed by atoms with Crippen molar-refractivity contribution >= 4 is 6.29 Å². The summed E-state index contributed by atoms with van der Waals surface area (Å²) in [5.74, 6) is 0.353. The van der Waals surface area contributed by atoms with Crippen LogP contribution in [0.4, 0.5) is 0 Å². The fraction of sp³-hybridized carbons (Fsp3) is 0.364. The van der Waals surface area contributed by atoms with Gasteiger partial charge in [-0.1, -0.05) is 13.0 Å². The second-order valence-corrected chi connectivity index (χ2v) is 3.08. The minimum Gasteiger partial charge on any atom is -0.504 e. The van der Waals surface area contributed by atoms with Crippen LogP contribution in [-0.4, -0.2) is 18.5 Å². The minimum atomic E-state index is -0.146. The molecule has 76 valence electrons. The normalized spacial score (nSPS) is 12.1. The van der Waals surface area contributed by atoms with Gasteiger partial charge in [0.05, 0.1) is 7.11 Å². The van der Waals surface area contributed by atoms with Crippen molar-refractivity contribution in [3.05, 3.63) is 23.8 Å². The summed E-state index contributed by atoms with van der Waals surface area (Å²) in [4.78, 5) is 10.7. The van der Waals surface area contributed by atoms with Crippen molar-refractivity contribution in [1.29, 1.82) is 0 Å². The first-order valence-corrected chi connectivity index (χ1v) is 4.55. The number of benzene rings is 1. The van der Waals surface area contributed by atoms with Crippen molar-refractivity contribution < 1.29 is 14.6 Å². The molecule has 0 spiro atoms. The second kappa shape index (κ2) is 4.65. The quantitative estimate of drug-likeness (QED) is 0.746. The number of hydrogen-bond acceptors (Lipinski definition) is 3. The van der Waals surface area contributed by atoms with Crippen LogP contribution >= 0.6 is 0 Å². The molecule has 1 N–H and O–H groups in total. The molecule has 0 fully saturated rings. The van der Waals surface area contributed by atoms with E-state index in [1.165, 1.54) is 7.11 Å². The van der Waals surface area contributed by atoms with Crippen LogP contribution < -0.4 is 4.74 Å². The lowest BCUT2D eigenvalue weighted by molar-refractivity contribution is -0.109. The zero-order chi connectivity index (χ0) is 10.6. The molecule has 0 aliphatic heterocycles. The minimum absolute atomic E-state index is 0.0744. The Kier molecular flexibility index (Phi) is 3.51. The van der Waals surface area contributed by atoms with Gasteiger partial charge in [0.1, 0.15) is 6.29 Å². The predicted molar refractivity (Wildman–Crippen MR) is 53.8 cm³/mol. The van der Waals surface area contributed by atoms with E-state index in [1.54, 1.807) is 18.2 Å². The molecule has 0 saturated carbocycles. The first-order chi connectivity index (χ1) is 6.72. The van der Waals surface area contributed by atoms with Gasteiger partial charge in [0, 0.05) is 5.92 Å². The van der Waals surface area contributed by atoms with E-state index in [1.807, 2.05) is 6.92 Å². The van der Waals surface area contributed by atoms with Crippen LogP contribution in [0.3, 0.4) is 0 Å². The summed E-state index contributed by atoms with van der Waals surface area (Å²) < 4.78 is 4.91. The molecule has 1 aromatic carbocycles. The van der Waals surface area contributed by atoms with Gasteiger partial charge in [-0.25, -0.2) is 0 Å². The van der Waals surface area contributed by atoms with Crippen LogP contribution in [0.5, 0.6) is 11.5 Å².